The monoisotopic (exact) mass is 516 g/mol. The van der Waals surface area contributed by atoms with Gasteiger partial charge in [-0.05, 0) is 62.7 Å². The van der Waals surface area contributed by atoms with Crippen LogP contribution in [-0.2, 0) is 0 Å². The van der Waals surface area contributed by atoms with Gasteiger partial charge in [0.15, 0.2) is 5.82 Å². The van der Waals surface area contributed by atoms with E-state index in [1.807, 2.05) is 24.3 Å². The quantitative estimate of drug-likeness (QED) is 0.372. The van der Waals surface area contributed by atoms with Gasteiger partial charge in [0, 0.05) is 49.4 Å². The largest absolute Gasteiger partial charge is 0.508 e. The predicted octanol–water partition coefficient (Wildman–Crippen LogP) is 3.88. The molecule has 8 nitrogen and oxygen atoms in total. The summed E-state index contributed by atoms with van der Waals surface area (Å²) in [5, 5.41) is 15.5. The summed E-state index contributed by atoms with van der Waals surface area (Å²) in [5.74, 6) is -0.134. The van der Waals surface area contributed by atoms with Gasteiger partial charge in [-0.25, -0.2) is 9.18 Å². The number of pyridine rings is 1. The molecule has 0 saturated carbocycles. The smallest absolute Gasteiger partial charge is 0.347 e. The van der Waals surface area contributed by atoms with Gasteiger partial charge in [-0.3, -0.25) is 4.98 Å². The van der Waals surface area contributed by atoms with Crippen LogP contribution in [-0.4, -0.2) is 70.8 Å². The minimum Gasteiger partial charge on any atom is -0.508 e. The van der Waals surface area contributed by atoms with E-state index in [0.717, 1.165) is 49.4 Å². The maximum absolute atomic E-state index is 15.7. The number of benzene rings is 2. The first-order valence-electron chi connectivity index (χ1n) is 13.3. The Morgan fingerprint density at radius 1 is 1.16 bits per heavy atom. The number of likely N-dealkylation sites (tertiary alicyclic amines) is 1. The molecule has 4 aromatic rings. The highest BCUT2D eigenvalue weighted by molar-refractivity contribution is 5.99. The molecule has 198 valence electrons. The number of rotatable bonds is 2. The molecule has 38 heavy (non-hydrogen) atoms. The molecule has 1 atom stereocenters. The zero-order valence-electron chi connectivity index (χ0n) is 21.8. The summed E-state index contributed by atoms with van der Waals surface area (Å²) in [6.45, 7) is 7.05. The van der Waals surface area contributed by atoms with Crippen LogP contribution >= 0.6 is 0 Å². The fourth-order valence-electron chi connectivity index (χ4n) is 5.95. The molecule has 0 unspecified atom stereocenters. The van der Waals surface area contributed by atoms with Gasteiger partial charge in [-0.15, -0.1) is 0 Å². The van der Waals surface area contributed by atoms with Crippen LogP contribution in [0.5, 0.6) is 5.75 Å². The summed E-state index contributed by atoms with van der Waals surface area (Å²) in [7, 11) is 2.19. The SMILES string of the molecule is C[C@@H]1CCCN1C.O=c1nc(N2CCC3(CNC3)C2)c2cnc(-c3cc(O)cc4ccccc34)c(F)c2[nH]1. The Morgan fingerprint density at radius 2 is 1.97 bits per heavy atom. The number of hydrogen-bond donors (Lipinski definition) is 3. The van der Waals surface area contributed by atoms with E-state index < -0.39 is 11.5 Å². The Bertz CT molecular complexity index is 1560. The molecule has 0 bridgehead atoms. The summed E-state index contributed by atoms with van der Waals surface area (Å²) in [5.41, 5.74) is 0.249. The van der Waals surface area contributed by atoms with Gasteiger partial charge in [0.1, 0.15) is 17.3 Å². The van der Waals surface area contributed by atoms with Gasteiger partial charge < -0.3 is 25.2 Å². The summed E-state index contributed by atoms with van der Waals surface area (Å²) < 4.78 is 15.7. The number of phenols is 1. The van der Waals surface area contributed by atoms with Crippen LogP contribution in [0.4, 0.5) is 10.2 Å². The Labute approximate surface area is 220 Å². The molecule has 1 spiro atoms. The van der Waals surface area contributed by atoms with Crippen molar-refractivity contribution >= 4 is 27.5 Å². The minimum atomic E-state index is -0.631. The lowest BCUT2D eigenvalue weighted by atomic mass is 9.81. The normalized spacial score (nSPS) is 20.6. The molecular formula is C29H33FN6O2. The number of aromatic nitrogens is 3. The number of aromatic hydroxyl groups is 1. The van der Waals surface area contributed by atoms with E-state index in [1.54, 1.807) is 12.3 Å². The van der Waals surface area contributed by atoms with E-state index in [0.29, 0.717) is 16.8 Å². The summed E-state index contributed by atoms with van der Waals surface area (Å²) in [6.07, 6.45) is 5.38. The molecule has 2 aromatic heterocycles. The van der Waals surface area contributed by atoms with Crippen molar-refractivity contribution < 1.29 is 9.50 Å². The van der Waals surface area contributed by atoms with Crippen molar-refractivity contribution in [1.82, 2.24) is 25.2 Å². The van der Waals surface area contributed by atoms with E-state index >= 15 is 4.39 Å². The molecule has 3 fully saturated rings. The molecule has 5 heterocycles. The zero-order valence-corrected chi connectivity index (χ0v) is 21.8. The van der Waals surface area contributed by atoms with E-state index in [-0.39, 0.29) is 22.4 Å². The molecule has 7 rings (SSSR count). The van der Waals surface area contributed by atoms with E-state index in [2.05, 4.69) is 44.0 Å². The van der Waals surface area contributed by atoms with Gasteiger partial charge in [-0.2, -0.15) is 4.98 Å². The van der Waals surface area contributed by atoms with Gasteiger partial charge in [-0.1, -0.05) is 24.3 Å². The highest BCUT2D eigenvalue weighted by Crippen LogP contribution is 2.39. The van der Waals surface area contributed by atoms with Crippen molar-refractivity contribution in [1.29, 1.82) is 0 Å². The van der Waals surface area contributed by atoms with Crippen molar-refractivity contribution in [3.05, 3.63) is 58.9 Å². The molecule has 2 aromatic carbocycles. The summed E-state index contributed by atoms with van der Waals surface area (Å²) in [4.78, 5) is 27.9. The lowest BCUT2D eigenvalue weighted by molar-refractivity contribution is 0.199. The van der Waals surface area contributed by atoms with Crippen molar-refractivity contribution in [2.45, 2.75) is 32.2 Å². The summed E-state index contributed by atoms with van der Waals surface area (Å²) in [6, 6.07) is 11.4. The van der Waals surface area contributed by atoms with E-state index in [4.69, 9.17) is 0 Å². The van der Waals surface area contributed by atoms with Crippen LogP contribution in [0, 0.1) is 11.2 Å². The molecule has 0 amide bonds. The number of hydrogen-bond acceptors (Lipinski definition) is 7. The highest BCUT2D eigenvalue weighted by Gasteiger charge is 2.43. The Morgan fingerprint density at radius 3 is 2.63 bits per heavy atom. The number of phenolic OH excluding ortho intramolecular Hbond substituents is 1. The number of aromatic amines is 1. The van der Waals surface area contributed by atoms with Gasteiger partial charge in [0.2, 0.25) is 0 Å². The van der Waals surface area contributed by atoms with Crippen molar-refractivity contribution in [3.63, 3.8) is 0 Å². The highest BCUT2D eigenvalue weighted by atomic mass is 19.1. The van der Waals surface area contributed by atoms with Gasteiger partial charge in [0.25, 0.3) is 0 Å². The first kappa shape index (κ1) is 24.8. The number of nitrogens with one attached hydrogen (secondary N) is 2. The fraction of sp³-hybridized carbons (Fsp3) is 0.414. The molecule has 3 aliphatic heterocycles. The Kier molecular flexibility index (Phi) is 6.28. The minimum absolute atomic E-state index is 0.0235. The van der Waals surface area contributed by atoms with Crippen LogP contribution < -0.4 is 15.9 Å². The average molecular weight is 517 g/mol. The summed E-state index contributed by atoms with van der Waals surface area (Å²) >= 11 is 0. The molecule has 0 radical (unpaired) electrons. The lowest BCUT2D eigenvalue weighted by Crippen LogP contribution is -2.54. The van der Waals surface area contributed by atoms with Crippen LogP contribution in [0.2, 0.25) is 0 Å². The average Bonchev–Trinajstić information content (AvgIpc) is 3.51. The van der Waals surface area contributed by atoms with Crippen molar-refractivity contribution in [2.75, 3.05) is 44.7 Å². The molecular weight excluding hydrogens is 483 g/mol. The third-order valence-electron chi connectivity index (χ3n) is 8.42. The van der Waals surface area contributed by atoms with Gasteiger partial charge in [0.05, 0.1) is 10.9 Å². The Hall–Kier alpha value is -3.56. The van der Waals surface area contributed by atoms with Gasteiger partial charge >= 0.3 is 5.69 Å². The zero-order chi connectivity index (χ0) is 26.4. The van der Waals surface area contributed by atoms with Crippen molar-refractivity contribution in [3.8, 4) is 17.0 Å². The third-order valence-corrected chi connectivity index (χ3v) is 8.42. The second-order valence-corrected chi connectivity index (χ2v) is 11.0. The van der Waals surface area contributed by atoms with E-state index in [1.165, 1.54) is 25.5 Å². The molecule has 3 aliphatic rings. The lowest BCUT2D eigenvalue weighted by Gasteiger charge is -2.39. The second-order valence-electron chi connectivity index (χ2n) is 11.0. The van der Waals surface area contributed by atoms with Crippen LogP contribution in [0.1, 0.15) is 26.2 Å². The van der Waals surface area contributed by atoms with E-state index in [9.17, 15) is 9.90 Å². The van der Waals surface area contributed by atoms with Crippen LogP contribution in [0.15, 0.2) is 47.4 Å². The molecule has 3 saturated heterocycles. The Balaban J connectivity index is 0.000000330. The molecule has 0 aliphatic carbocycles. The molecule has 9 heteroatoms. The second kappa shape index (κ2) is 9.63. The van der Waals surface area contributed by atoms with Crippen molar-refractivity contribution in [2.24, 2.45) is 5.41 Å². The first-order chi connectivity index (χ1) is 18.3. The number of nitrogens with zero attached hydrogens (tertiary/aromatic N) is 4. The number of fused-ring (bicyclic) bond motifs is 2. The maximum atomic E-state index is 15.7. The molecule has 3 N–H and O–H groups in total. The third kappa shape index (κ3) is 4.39. The predicted molar refractivity (Wildman–Crippen MR) is 148 cm³/mol. The van der Waals surface area contributed by atoms with Crippen LogP contribution in [0.3, 0.4) is 0 Å². The standard InChI is InChI=1S/C23H20FN5O2.C6H13N/c24-18-19(16-8-14(30)7-13-3-1-2-4-15(13)16)26-9-17-20(18)27-22(31)28-21(17)29-6-5-23(12-29)10-25-11-23;1-6-4-3-5-7(6)2/h1-4,7-9,25,30H,5-6,10-12H2,(H,27,28,31);6H,3-5H2,1-2H3/t;6-/m.1/s1. The number of H-pyrrole nitrogens is 1. The van der Waals surface area contributed by atoms with Crippen LogP contribution in [0.25, 0.3) is 32.9 Å². The topological polar surface area (TPSA) is 97.4 Å². The number of anilines is 1. The first-order valence-corrected chi connectivity index (χ1v) is 13.3. The fourth-order valence-corrected chi connectivity index (χ4v) is 5.95. The number of halogens is 1. The maximum Gasteiger partial charge on any atom is 0.347 e.